The molecule has 0 amide bonds. The summed E-state index contributed by atoms with van der Waals surface area (Å²) in [6.45, 7) is 2.12. The Morgan fingerprint density at radius 3 is 2.76 bits per heavy atom. The first-order chi connectivity index (χ1) is 8.84. The smallest absolute Gasteiger partial charge is 0.0608 e. The number of benzene rings is 2. The van der Waals surface area contributed by atoms with Gasteiger partial charge in [0.05, 0.1) is 5.65 Å². The summed E-state index contributed by atoms with van der Waals surface area (Å²) in [5.74, 6) is 0. The fraction of sp³-hybridized carbons (Fsp3) is 0.0588. The van der Waals surface area contributed by atoms with Crippen LogP contribution in [0.1, 0.15) is 5.56 Å². The van der Waals surface area contributed by atoms with E-state index in [0.29, 0.717) is 0 Å². The second-order valence-electron chi connectivity index (χ2n) is 4.60. The van der Waals surface area contributed by atoms with Gasteiger partial charge in [0.15, 0.2) is 0 Å². The van der Waals surface area contributed by atoms with E-state index in [2.05, 4.69) is 46.6 Å². The van der Waals surface area contributed by atoms with Crippen LogP contribution in [0.25, 0.3) is 27.3 Å². The molecule has 0 fully saturated rings. The van der Waals surface area contributed by atoms with Gasteiger partial charge in [-0.25, -0.2) is 0 Å². The van der Waals surface area contributed by atoms with Gasteiger partial charge in [-0.05, 0) is 18.4 Å². The molecule has 106 valence electrons. The zero-order chi connectivity index (χ0) is 12.1. The zero-order valence-electron chi connectivity index (χ0n) is 11.9. The van der Waals surface area contributed by atoms with Crippen LogP contribution in [0.5, 0.6) is 0 Å². The molecule has 21 heavy (non-hydrogen) atoms. The summed E-state index contributed by atoms with van der Waals surface area (Å²) in [4.78, 5) is 4.45. The molecule has 0 bridgehead atoms. The van der Waals surface area contributed by atoms with Crippen molar-refractivity contribution in [1.82, 2.24) is 9.38 Å². The van der Waals surface area contributed by atoms with Crippen molar-refractivity contribution in [2.45, 2.75) is 6.92 Å². The van der Waals surface area contributed by atoms with E-state index in [9.17, 15) is 0 Å². The number of aryl methyl sites for hydroxylation is 1. The second-order valence-corrected chi connectivity index (χ2v) is 4.60. The Labute approximate surface area is 163 Å². The van der Waals surface area contributed by atoms with Crippen molar-refractivity contribution in [1.29, 1.82) is 0 Å². The first-order valence-corrected chi connectivity index (χ1v) is 6.00. The van der Waals surface area contributed by atoms with Crippen molar-refractivity contribution in [2.75, 3.05) is 0 Å². The molecule has 0 saturated heterocycles. The van der Waals surface area contributed by atoms with Crippen LogP contribution in [-0.4, -0.2) is 9.38 Å². The fourth-order valence-electron chi connectivity index (χ4n) is 2.60. The SMILES string of the molecule is Cc1ccc2c(c1)c1ccc[c-]c1c1nccn21.[CH3-].[Ir].[Y]. The van der Waals surface area contributed by atoms with E-state index < -0.39 is 0 Å². The Morgan fingerprint density at radius 2 is 1.95 bits per heavy atom. The molecule has 0 unspecified atom stereocenters. The zero-order valence-corrected chi connectivity index (χ0v) is 17.2. The molecule has 4 aromatic rings. The summed E-state index contributed by atoms with van der Waals surface area (Å²) in [5, 5.41) is 3.56. The molecular weight excluding hydrogens is 513 g/mol. The molecule has 0 atom stereocenters. The Bertz CT molecular complexity index is 899. The van der Waals surface area contributed by atoms with Crippen LogP contribution in [0, 0.1) is 20.4 Å². The summed E-state index contributed by atoms with van der Waals surface area (Å²) in [7, 11) is 0. The molecule has 2 heterocycles. The standard InChI is InChI=1S/C16H11N2.CH3.Ir.Y/c1-11-6-7-15-14(10-11)12-4-2-3-5-13(12)16-17-8-9-18(15)16;;;/h2-4,6-10H,1H3;1H3;;/q2*-1;;. The third-order valence-corrected chi connectivity index (χ3v) is 3.42. The molecule has 2 radical (unpaired) electrons. The number of aromatic nitrogens is 2. The van der Waals surface area contributed by atoms with Gasteiger partial charge in [-0.2, -0.15) is 0 Å². The largest absolute Gasteiger partial charge is 0.358 e. The Kier molecular flexibility index (Phi) is 6.25. The maximum absolute atomic E-state index is 4.45. The normalized spacial score (nSPS) is 9.95. The summed E-state index contributed by atoms with van der Waals surface area (Å²) >= 11 is 0. The number of nitrogens with zero attached hydrogens (tertiary/aromatic N) is 2. The van der Waals surface area contributed by atoms with E-state index in [0.717, 1.165) is 11.0 Å². The van der Waals surface area contributed by atoms with Crippen molar-refractivity contribution in [3.05, 3.63) is 67.8 Å². The average Bonchev–Trinajstić information content (AvgIpc) is 2.88. The molecule has 0 spiro atoms. The van der Waals surface area contributed by atoms with Crippen LogP contribution in [0.15, 0.2) is 48.8 Å². The predicted octanol–water partition coefficient (Wildman–Crippen LogP) is 4.19. The Morgan fingerprint density at radius 1 is 1.14 bits per heavy atom. The molecule has 4 heteroatoms. The van der Waals surface area contributed by atoms with Crippen LogP contribution in [0.3, 0.4) is 0 Å². The quantitative estimate of drug-likeness (QED) is 0.248. The maximum Gasteiger partial charge on any atom is 0.0608 e. The van der Waals surface area contributed by atoms with Gasteiger partial charge < -0.3 is 11.8 Å². The van der Waals surface area contributed by atoms with E-state index in [1.165, 1.54) is 21.9 Å². The van der Waals surface area contributed by atoms with Gasteiger partial charge in [-0.15, -0.1) is 29.7 Å². The fourth-order valence-corrected chi connectivity index (χ4v) is 2.60. The number of fused-ring (bicyclic) bond motifs is 6. The summed E-state index contributed by atoms with van der Waals surface area (Å²) in [6.07, 6.45) is 3.85. The molecule has 0 aliphatic heterocycles. The molecule has 2 aromatic carbocycles. The minimum atomic E-state index is 0. The Hall–Kier alpha value is -0.597. The monoisotopic (exact) mass is 528 g/mol. The minimum absolute atomic E-state index is 0. The van der Waals surface area contributed by atoms with Crippen molar-refractivity contribution in [3.63, 3.8) is 0 Å². The van der Waals surface area contributed by atoms with E-state index in [4.69, 9.17) is 0 Å². The van der Waals surface area contributed by atoms with E-state index >= 15 is 0 Å². The van der Waals surface area contributed by atoms with Gasteiger partial charge in [-0.3, -0.25) is 4.98 Å². The Balaban J connectivity index is 0.000000735. The third kappa shape index (κ3) is 2.85. The third-order valence-electron chi connectivity index (χ3n) is 3.42. The number of pyridine rings is 1. The average molecular weight is 527 g/mol. The second kappa shape index (κ2) is 7.11. The van der Waals surface area contributed by atoms with Gasteiger partial charge in [0, 0.05) is 70.7 Å². The molecule has 4 rings (SSSR count). The van der Waals surface area contributed by atoms with Crippen LogP contribution in [0.4, 0.5) is 0 Å². The number of rotatable bonds is 0. The van der Waals surface area contributed by atoms with Crippen molar-refractivity contribution in [2.24, 2.45) is 0 Å². The first-order valence-electron chi connectivity index (χ1n) is 6.00. The number of hydrogen-bond acceptors (Lipinski definition) is 1. The number of hydrogen-bond donors (Lipinski definition) is 0. The van der Waals surface area contributed by atoms with E-state index in [1.807, 2.05) is 24.5 Å². The van der Waals surface area contributed by atoms with Gasteiger partial charge in [0.25, 0.3) is 0 Å². The van der Waals surface area contributed by atoms with Gasteiger partial charge in [0.1, 0.15) is 0 Å². The molecule has 2 nitrogen and oxygen atoms in total. The van der Waals surface area contributed by atoms with E-state index in [1.54, 1.807) is 0 Å². The van der Waals surface area contributed by atoms with Crippen LogP contribution >= 0.6 is 0 Å². The summed E-state index contributed by atoms with van der Waals surface area (Å²) < 4.78 is 2.13. The number of imidazole rings is 1. The predicted molar refractivity (Wildman–Crippen MR) is 80.2 cm³/mol. The topological polar surface area (TPSA) is 17.3 Å². The van der Waals surface area contributed by atoms with Crippen LogP contribution < -0.4 is 0 Å². The maximum atomic E-state index is 4.45. The van der Waals surface area contributed by atoms with Crippen molar-refractivity contribution < 1.29 is 52.8 Å². The molecule has 0 aliphatic rings. The first kappa shape index (κ1) is 18.5. The van der Waals surface area contributed by atoms with E-state index in [-0.39, 0.29) is 60.2 Å². The minimum Gasteiger partial charge on any atom is -0.358 e. The molecule has 0 N–H and O–H groups in total. The van der Waals surface area contributed by atoms with Crippen molar-refractivity contribution in [3.8, 4) is 0 Å². The molecule has 2 aromatic heterocycles. The molecule has 0 saturated carbocycles. The van der Waals surface area contributed by atoms with Crippen LogP contribution in [-0.2, 0) is 52.8 Å². The van der Waals surface area contributed by atoms with Gasteiger partial charge >= 0.3 is 0 Å². The molecular formula is C17H14IrN2Y-2. The molecule has 0 aliphatic carbocycles. The van der Waals surface area contributed by atoms with Gasteiger partial charge in [0.2, 0.25) is 0 Å². The van der Waals surface area contributed by atoms with Gasteiger partial charge in [-0.1, -0.05) is 23.1 Å². The van der Waals surface area contributed by atoms with Crippen LogP contribution in [0.2, 0.25) is 0 Å². The summed E-state index contributed by atoms with van der Waals surface area (Å²) in [5.41, 5.74) is 3.44. The van der Waals surface area contributed by atoms with Crippen molar-refractivity contribution >= 4 is 27.3 Å². The summed E-state index contributed by atoms with van der Waals surface area (Å²) in [6, 6.07) is 15.9.